The summed E-state index contributed by atoms with van der Waals surface area (Å²) < 4.78 is 9.73. The number of carbonyl (C=O) groups excluding carboxylic acids is 1. The molecule has 0 saturated heterocycles. The van der Waals surface area contributed by atoms with Gasteiger partial charge >= 0.3 is 11.9 Å². The Morgan fingerprint density at radius 3 is 3.06 bits per heavy atom. The van der Waals surface area contributed by atoms with Crippen molar-refractivity contribution in [2.24, 2.45) is 0 Å². The Hall–Kier alpha value is -2.44. The van der Waals surface area contributed by atoms with Crippen molar-refractivity contribution in [2.45, 2.75) is 6.92 Å². The van der Waals surface area contributed by atoms with Crippen LogP contribution in [0.2, 0.25) is 0 Å². The Labute approximate surface area is 95.4 Å². The number of H-pyrrole nitrogens is 1. The van der Waals surface area contributed by atoms with Crippen molar-refractivity contribution in [3.8, 4) is 11.5 Å². The number of pyridine rings is 1. The van der Waals surface area contributed by atoms with Gasteiger partial charge in [-0.1, -0.05) is 0 Å². The van der Waals surface area contributed by atoms with Crippen LogP contribution in [0.25, 0.3) is 11.5 Å². The summed E-state index contributed by atoms with van der Waals surface area (Å²) >= 11 is 0. The first kappa shape index (κ1) is 11.1. The van der Waals surface area contributed by atoms with Gasteiger partial charge in [-0.25, -0.2) is 4.79 Å². The van der Waals surface area contributed by atoms with Crippen molar-refractivity contribution in [2.75, 3.05) is 6.61 Å². The van der Waals surface area contributed by atoms with Crippen LogP contribution in [0.15, 0.2) is 27.7 Å². The van der Waals surface area contributed by atoms with Crippen LogP contribution in [0.4, 0.5) is 0 Å². The Balaban J connectivity index is 2.34. The number of nitrogens with zero attached hydrogens (tertiary/aromatic N) is 2. The van der Waals surface area contributed by atoms with Gasteiger partial charge in [0.15, 0.2) is 5.43 Å². The van der Waals surface area contributed by atoms with E-state index in [-0.39, 0.29) is 29.4 Å². The van der Waals surface area contributed by atoms with Crippen LogP contribution in [0.3, 0.4) is 0 Å². The molecule has 0 saturated carbocycles. The number of aromatic amines is 1. The van der Waals surface area contributed by atoms with Gasteiger partial charge in [0.2, 0.25) is 0 Å². The maximum atomic E-state index is 11.5. The molecule has 0 radical (unpaired) electrons. The molecule has 7 nitrogen and oxygen atoms in total. The smallest absolute Gasteiger partial charge is 0.396 e. The van der Waals surface area contributed by atoms with E-state index in [1.54, 1.807) is 6.92 Å². The molecule has 7 heteroatoms. The number of rotatable bonds is 3. The second-order valence-electron chi connectivity index (χ2n) is 3.06. The molecule has 0 aliphatic carbocycles. The SMILES string of the molecule is CCOC(=O)c1nnc(-c2c[nH]ccc2=O)o1. The van der Waals surface area contributed by atoms with E-state index in [0.29, 0.717) is 0 Å². The zero-order chi connectivity index (χ0) is 12.3. The van der Waals surface area contributed by atoms with E-state index in [1.807, 2.05) is 0 Å². The summed E-state index contributed by atoms with van der Waals surface area (Å²) in [6.07, 6.45) is 2.90. The highest BCUT2D eigenvalue weighted by Gasteiger charge is 2.17. The van der Waals surface area contributed by atoms with Gasteiger partial charge in [0.1, 0.15) is 5.56 Å². The summed E-state index contributed by atoms with van der Waals surface area (Å²) in [7, 11) is 0. The van der Waals surface area contributed by atoms with E-state index in [4.69, 9.17) is 4.42 Å². The molecule has 88 valence electrons. The Morgan fingerprint density at radius 1 is 1.53 bits per heavy atom. The summed E-state index contributed by atoms with van der Waals surface area (Å²) in [6.45, 7) is 1.87. The van der Waals surface area contributed by atoms with Crippen LogP contribution in [0.5, 0.6) is 0 Å². The van der Waals surface area contributed by atoms with Gasteiger partial charge in [-0.15, -0.1) is 10.2 Å². The number of carbonyl (C=O) groups is 1. The molecule has 2 aromatic heterocycles. The van der Waals surface area contributed by atoms with Gasteiger partial charge in [-0.05, 0) is 6.92 Å². The number of esters is 1. The monoisotopic (exact) mass is 235 g/mol. The molecule has 0 atom stereocenters. The number of aromatic nitrogens is 3. The molecule has 0 fully saturated rings. The van der Waals surface area contributed by atoms with Crippen molar-refractivity contribution in [3.05, 3.63) is 34.6 Å². The third kappa shape index (κ3) is 2.22. The average molecular weight is 235 g/mol. The molecule has 0 bridgehead atoms. The normalized spacial score (nSPS) is 10.2. The molecular weight excluding hydrogens is 226 g/mol. The van der Waals surface area contributed by atoms with E-state index in [2.05, 4.69) is 19.9 Å². The third-order valence-electron chi connectivity index (χ3n) is 1.93. The minimum atomic E-state index is -0.710. The zero-order valence-electron chi connectivity index (χ0n) is 8.97. The van der Waals surface area contributed by atoms with E-state index >= 15 is 0 Å². The summed E-state index contributed by atoms with van der Waals surface area (Å²) in [6, 6.07) is 1.32. The summed E-state index contributed by atoms with van der Waals surface area (Å²) in [4.78, 5) is 25.5. The fourth-order valence-electron chi connectivity index (χ4n) is 1.19. The lowest BCUT2D eigenvalue weighted by molar-refractivity contribution is 0.0481. The van der Waals surface area contributed by atoms with Crippen molar-refractivity contribution in [1.29, 1.82) is 0 Å². The standard InChI is InChI=1S/C10H9N3O4/c1-2-16-10(15)9-13-12-8(17-9)6-5-11-4-3-7(6)14/h3-5H,2H2,1H3,(H,11,14). The Morgan fingerprint density at radius 2 is 2.35 bits per heavy atom. The molecule has 2 heterocycles. The van der Waals surface area contributed by atoms with Crippen LogP contribution < -0.4 is 5.43 Å². The molecule has 0 aliphatic heterocycles. The van der Waals surface area contributed by atoms with Gasteiger partial charge in [-0.3, -0.25) is 4.79 Å². The minimum Gasteiger partial charge on any atom is -0.459 e. The molecule has 1 N–H and O–H groups in total. The van der Waals surface area contributed by atoms with Gasteiger partial charge < -0.3 is 14.1 Å². The molecule has 2 rings (SSSR count). The summed E-state index contributed by atoms with van der Waals surface area (Å²) in [5.74, 6) is -1.00. The quantitative estimate of drug-likeness (QED) is 0.782. The first-order chi connectivity index (χ1) is 8.22. The highest BCUT2D eigenvalue weighted by atomic mass is 16.5. The highest BCUT2D eigenvalue weighted by molar-refractivity contribution is 5.84. The third-order valence-corrected chi connectivity index (χ3v) is 1.93. The Kier molecular flexibility index (Phi) is 2.99. The second-order valence-corrected chi connectivity index (χ2v) is 3.06. The molecule has 0 spiro atoms. The topological polar surface area (TPSA) is 98.1 Å². The molecular formula is C10H9N3O4. The van der Waals surface area contributed by atoms with Crippen molar-refractivity contribution in [1.82, 2.24) is 15.2 Å². The van der Waals surface area contributed by atoms with E-state index < -0.39 is 5.97 Å². The van der Waals surface area contributed by atoms with Crippen molar-refractivity contribution in [3.63, 3.8) is 0 Å². The predicted molar refractivity (Wildman–Crippen MR) is 56.3 cm³/mol. The van der Waals surface area contributed by atoms with Gasteiger partial charge in [-0.2, -0.15) is 0 Å². The molecule has 0 aromatic carbocycles. The first-order valence-corrected chi connectivity index (χ1v) is 4.90. The highest BCUT2D eigenvalue weighted by Crippen LogP contribution is 2.12. The van der Waals surface area contributed by atoms with E-state index in [9.17, 15) is 9.59 Å². The average Bonchev–Trinajstić information content (AvgIpc) is 2.79. The molecule has 0 unspecified atom stereocenters. The first-order valence-electron chi connectivity index (χ1n) is 4.90. The van der Waals surface area contributed by atoms with Crippen LogP contribution >= 0.6 is 0 Å². The number of ether oxygens (including phenoxy) is 1. The molecule has 0 amide bonds. The minimum absolute atomic E-state index is 0.0186. The fraction of sp³-hybridized carbons (Fsp3) is 0.200. The molecule has 2 aromatic rings. The maximum absolute atomic E-state index is 11.5. The van der Waals surface area contributed by atoms with E-state index in [1.165, 1.54) is 18.5 Å². The van der Waals surface area contributed by atoms with Crippen molar-refractivity contribution >= 4 is 5.97 Å². The number of hydrogen-bond acceptors (Lipinski definition) is 6. The summed E-state index contributed by atoms with van der Waals surface area (Å²) in [5.41, 5.74) is -0.0710. The predicted octanol–water partition coefficient (Wildman–Crippen LogP) is 0.602. The lowest BCUT2D eigenvalue weighted by Crippen LogP contribution is -2.04. The van der Waals surface area contributed by atoms with E-state index in [0.717, 1.165) is 0 Å². The number of nitrogens with one attached hydrogen (secondary N) is 1. The van der Waals surface area contributed by atoms with Gasteiger partial charge in [0, 0.05) is 18.5 Å². The lowest BCUT2D eigenvalue weighted by atomic mass is 10.3. The number of hydrogen-bond donors (Lipinski definition) is 1. The van der Waals surface area contributed by atoms with Crippen LogP contribution in [-0.4, -0.2) is 27.8 Å². The van der Waals surface area contributed by atoms with Gasteiger partial charge in [0.25, 0.3) is 5.89 Å². The zero-order valence-corrected chi connectivity index (χ0v) is 8.97. The molecule has 17 heavy (non-hydrogen) atoms. The van der Waals surface area contributed by atoms with Crippen LogP contribution in [0.1, 0.15) is 17.6 Å². The largest absolute Gasteiger partial charge is 0.459 e. The maximum Gasteiger partial charge on any atom is 0.396 e. The van der Waals surface area contributed by atoms with Crippen LogP contribution in [-0.2, 0) is 4.74 Å². The second kappa shape index (κ2) is 4.60. The Bertz CT molecular complexity index is 587. The fourth-order valence-corrected chi connectivity index (χ4v) is 1.19. The van der Waals surface area contributed by atoms with Crippen LogP contribution in [0, 0.1) is 0 Å². The summed E-state index contributed by atoms with van der Waals surface area (Å²) in [5, 5.41) is 7.12. The van der Waals surface area contributed by atoms with Crippen molar-refractivity contribution < 1.29 is 13.9 Å². The molecule has 0 aliphatic rings. The lowest BCUT2D eigenvalue weighted by Gasteiger charge is -1.94. The van der Waals surface area contributed by atoms with Gasteiger partial charge in [0.05, 0.1) is 6.61 Å².